The van der Waals surface area contributed by atoms with Gasteiger partial charge in [0, 0.05) is 0 Å². The van der Waals surface area contributed by atoms with Gasteiger partial charge in [-0.1, -0.05) is 5.92 Å². The van der Waals surface area contributed by atoms with E-state index in [1.807, 2.05) is 0 Å². The summed E-state index contributed by atoms with van der Waals surface area (Å²) < 4.78 is 10.3. The average Bonchev–Trinajstić information content (AvgIpc) is 2.19. The van der Waals surface area contributed by atoms with Gasteiger partial charge in [-0.2, -0.15) is 0 Å². The lowest BCUT2D eigenvalue weighted by Gasteiger charge is -2.22. The minimum Gasteiger partial charge on any atom is -0.376 e. The largest absolute Gasteiger partial charge is 0.376 e. The number of hydrogen-bond acceptors (Lipinski definition) is 3. The Labute approximate surface area is 77.6 Å². The van der Waals surface area contributed by atoms with Gasteiger partial charge in [0.05, 0.1) is 25.9 Å². The summed E-state index contributed by atoms with van der Waals surface area (Å²) in [7, 11) is 0. The third kappa shape index (κ3) is 3.05. The lowest BCUT2D eigenvalue weighted by atomic mass is 10.3. The van der Waals surface area contributed by atoms with Crippen LogP contribution in [-0.4, -0.2) is 37.9 Å². The lowest BCUT2D eigenvalue weighted by Crippen LogP contribution is -2.45. The van der Waals surface area contributed by atoms with Crippen LogP contribution in [0.25, 0.3) is 0 Å². The molecule has 0 spiro atoms. The first kappa shape index (κ1) is 10.0. The molecule has 0 aliphatic carbocycles. The molecule has 72 valence electrons. The van der Waals surface area contributed by atoms with E-state index in [1.165, 1.54) is 0 Å². The van der Waals surface area contributed by atoms with E-state index in [-0.39, 0.29) is 11.9 Å². The van der Waals surface area contributed by atoms with Crippen LogP contribution in [0.4, 0.5) is 0 Å². The molecular weight excluding hydrogens is 170 g/mol. The molecule has 1 fully saturated rings. The van der Waals surface area contributed by atoms with Gasteiger partial charge in [-0.05, 0) is 6.92 Å². The number of terminal acetylenes is 1. The van der Waals surface area contributed by atoms with E-state index in [0.717, 1.165) is 0 Å². The van der Waals surface area contributed by atoms with Gasteiger partial charge in [0.15, 0.2) is 6.10 Å². The van der Waals surface area contributed by atoms with Crippen molar-refractivity contribution in [2.75, 3.05) is 19.8 Å². The summed E-state index contributed by atoms with van der Waals surface area (Å²) in [6.07, 6.45) is 4.60. The van der Waals surface area contributed by atoms with Crippen LogP contribution in [-0.2, 0) is 14.3 Å². The fourth-order valence-corrected chi connectivity index (χ4v) is 0.987. The third-order valence-electron chi connectivity index (χ3n) is 1.72. The number of hydrogen-bond donors (Lipinski definition) is 1. The van der Waals surface area contributed by atoms with Crippen molar-refractivity contribution in [3.05, 3.63) is 0 Å². The van der Waals surface area contributed by atoms with Crippen molar-refractivity contribution in [3.63, 3.8) is 0 Å². The standard InChI is InChI=1S/C9H13NO3/c1-3-7(2)10-9(11)8-6-12-4-5-13-8/h1,7-8H,4-6H2,2H3,(H,10,11). The van der Waals surface area contributed by atoms with Crippen LogP contribution < -0.4 is 5.32 Å². The van der Waals surface area contributed by atoms with E-state index in [1.54, 1.807) is 6.92 Å². The van der Waals surface area contributed by atoms with E-state index >= 15 is 0 Å². The summed E-state index contributed by atoms with van der Waals surface area (Å²) in [5.74, 6) is 2.20. The van der Waals surface area contributed by atoms with E-state index < -0.39 is 6.10 Å². The fourth-order valence-electron chi connectivity index (χ4n) is 0.987. The Bertz CT molecular complexity index is 215. The molecule has 2 atom stereocenters. The zero-order chi connectivity index (χ0) is 9.68. The van der Waals surface area contributed by atoms with Gasteiger partial charge in [-0.3, -0.25) is 4.79 Å². The van der Waals surface area contributed by atoms with E-state index in [9.17, 15) is 4.79 Å². The summed E-state index contributed by atoms with van der Waals surface area (Å²) in [5.41, 5.74) is 0. The highest BCUT2D eigenvalue weighted by atomic mass is 16.6. The molecular formula is C9H13NO3. The lowest BCUT2D eigenvalue weighted by molar-refractivity contribution is -0.147. The van der Waals surface area contributed by atoms with Crippen LogP contribution in [0.3, 0.4) is 0 Å². The molecule has 0 saturated carbocycles. The zero-order valence-corrected chi connectivity index (χ0v) is 7.58. The number of amides is 1. The highest BCUT2D eigenvalue weighted by molar-refractivity contribution is 5.81. The van der Waals surface area contributed by atoms with Gasteiger partial charge in [-0.15, -0.1) is 6.42 Å². The van der Waals surface area contributed by atoms with Crippen LogP contribution in [0.1, 0.15) is 6.92 Å². The zero-order valence-electron chi connectivity index (χ0n) is 7.58. The van der Waals surface area contributed by atoms with Crippen LogP contribution >= 0.6 is 0 Å². The van der Waals surface area contributed by atoms with Gasteiger partial charge in [0.1, 0.15) is 0 Å². The second kappa shape index (κ2) is 4.85. The van der Waals surface area contributed by atoms with Crippen LogP contribution in [0.15, 0.2) is 0 Å². The molecule has 4 heteroatoms. The van der Waals surface area contributed by atoms with Crippen molar-refractivity contribution >= 4 is 5.91 Å². The molecule has 2 unspecified atom stereocenters. The molecule has 13 heavy (non-hydrogen) atoms. The molecule has 1 heterocycles. The minimum absolute atomic E-state index is 0.204. The Morgan fingerprint density at radius 2 is 2.46 bits per heavy atom. The summed E-state index contributed by atoms with van der Waals surface area (Å²) >= 11 is 0. The van der Waals surface area contributed by atoms with Crippen LogP contribution in [0.5, 0.6) is 0 Å². The summed E-state index contributed by atoms with van der Waals surface area (Å²) in [6.45, 7) is 3.06. The normalized spacial score (nSPS) is 24.5. The SMILES string of the molecule is C#CC(C)NC(=O)C1COCCO1. The first-order chi connectivity index (χ1) is 6.24. The van der Waals surface area contributed by atoms with Gasteiger partial charge in [-0.25, -0.2) is 0 Å². The topological polar surface area (TPSA) is 47.6 Å². The van der Waals surface area contributed by atoms with Crippen molar-refractivity contribution in [1.82, 2.24) is 5.32 Å². The summed E-state index contributed by atoms with van der Waals surface area (Å²) in [6, 6.07) is -0.266. The van der Waals surface area contributed by atoms with Gasteiger partial charge in [0.25, 0.3) is 5.91 Å². The van der Waals surface area contributed by atoms with E-state index in [0.29, 0.717) is 19.8 Å². The second-order valence-corrected chi connectivity index (χ2v) is 2.83. The van der Waals surface area contributed by atoms with Crippen molar-refractivity contribution in [1.29, 1.82) is 0 Å². The van der Waals surface area contributed by atoms with Crippen LogP contribution in [0.2, 0.25) is 0 Å². The minimum atomic E-state index is -0.510. The van der Waals surface area contributed by atoms with Crippen molar-refractivity contribution in [2.24, 2.45) is 0 Å². The van der Waals surface area contributed by atoms with Crippen molar-refractivity contribution in [2.45, 2.75) is 19.1 Å². The molecule has 0 aromatic heterocycles. The maximum absolute atomic E-state index is 11.4. The number of rotatable bonds is 2. The molecule has 1 saturated heterocycles. The van der Waals surface area contributed by atoms with E-state index in [2.05, 4.69) is 11.2 Å². The molecule has 1 aliphatic heterocycles. The van der Waals surface area contributed by atoms with E-state index in [4.69, 9.17) is 15.9 Å². The number of carbonyl (C=O) groups is 1. The highest BCUT2D eigenvalue weighted by Gasteiger charge is 2.22. The molecule has 1 amide bonds. The third-order valence-corrected chi connectivity index (χ3v) is 1.72. The maximum atomic E-state index is 11.4. The first-order valence-electron chi connectivity index (χ1n) is 4.20. The molecule has 0 aromatic rings. The molecule has 1 N–H and O–H groups in total. The van der Waals surface area contributed by atoms with Gasteiger partial charge >= 0.3 is 0 Å². The van der Waals surface area contributed by atoms with Crippen LogP contribution in [0, 0.1) is 12.3 Å². The van der Waals surface area contributed by atoms with Crippen molar-refractivity contribution in [3.8, 4) is 12.3 Å². The number of nitrogens with one attached hydrogen (secondary N) is 1. The van der Waals surface area contributed by atoms with Gasteiger partial charge in [0.2, 0.25) is 0 Å². The first-order valence-corrected chi connectivity index (χ1v) is 4.20. The maximum Gasteiger partial charge on any atom is 0.252 e. The number of ether oxygens (including phenoxy) is 2. The van der Waals surface area contributed by atoms with Gasteiger partial charge < -0.3 is 14.8 Å². The Kier molecular flexibility index (Phi) is 3.74. The summed E-state index contributed by atoms with van der Waals surface area (Å²) in [4.78, 5) is 11.4. The molecule has 0 aromatic carbocycles. The Morgan fingerprint density at radius 1 is 1.69 bits per heavy atom. The fraction of sp³-hybridized carbons (Fsp3) is 0.667. The quantitative estimate of drug-likeness (QED) is 0.589. The average molecular weight is 183 g/mol. The second-order valence-electron chi connectivity index (χ2n) is 2.83. The molecule has 4 nitrogen and oxygen atoms in total. The Hall–Kier alpha value is -1.05. The smallest absolute Gasteiger partial charge is 0.252 e. The Morgan fingerprint density at radius 3 is 3.00 bits per heavy atom. The predicted octanol–water partition coefficient (Wildman–Crippen LogP) is -0.460. The summed E-state index contributed by atoms with van der Waals surface area (Å²) in [5, 5.41) is 2.62. The highest BCUT2D eigenvalue weighted by Crippen LogP contribution is 2.00. The molecule has 0 radical (unpaired) electrons. The number of carbonyl (C=O) groups excluding carboxylic acids is 1. The monoisotopic (exact) mass is 183 g/mol. The Balaban J connectivity index is 2.34. The molecule has 1 aliphatic rings. The molecule has 1 rings (SSSR count). The predicted molar refractivity (Wildman–Crippen MR) is 47.0 cm³/mol. The van der Waals surface area contributed by atoms with Crippen molar-refractivity contribution < 1.29 is 14.3 Å². The molecule has 0 bridgehead atoms.